The van der Waals surface area contributed by atoms with Crippen molar-refractivity contribution in [2.24, 2.45) is 0 Å². The summed E-state index contributed by atoms with van der Waals surface area (Å²) in [6.45, 7) is 6.55. The Hall–Kier alpha value is -4.38. The molecule has 0 radical (unpaired) electrons. The van der Waals surface area contributed by atoms with Gasteiger partial charge in [0.05, 0.1) is 12.3 Å². The molecule has 0 fully saturated rings. The standard InChI is InChI=1S/C30H26N2O3/c1-4-35-25-16-14-24(15-17-25)32-29(33)27-13-9-8-12-26(27)28(30(32)34)19-22-18-20(2)31(21(22)3)23-10-6-5-7-11-23/h5-19H,4H2,1-3H3/b28-19+. The number of nitrogens with zero attached hydrogens (tertiary/aromatic N) is 2. The molecule has 2 amide bonds. The van der Waals surface area contributed by atoms with Gasteiger partial charge in [-0.05, 0) is 86.5 Å². The Morgan fingerprint density at radius 2 is 1.43 bits per heavy atom. The third-order valence-corrected chi connectivity index (χ3v) is 6.27. The number of aromatic nitrogens is 1. The molecular formula is C30H26N2O3. The number of hydrogen-bond acceptors (Lipinski definition) is 3. The maximum Gasteiger partial charge on any atom is 0.265 e. The van der Waals surface area contributed by atoms with Crippen molar-refractivity contribution in [2.75, 3.05) is 11.5 Å². The molecule has 1 aromatic heterocycles. The van der Waals surface area contributed by atoms with E-state index in [1.54, 1.807) is 30.3 Å². The minimum Gasteiger partial charge on any atom is -0.494 e. The van der Waals surface area contributed by atoms with Gasteiger partial charge in [-0.2, -0.15) is 0 Å². The van der Waals surface area contributed by atoms with Gasteiger partial charge in [-0.15, -0.1) is 0 Å². The van der Waals surface area contributed by atoms with E-state index in [1.807, 2.05) is 56.3 Å². The van der Waals surface area contributed by atoms with Crippen LogP contribution in [0.1, 0.15) is 39.8 Å². The number of carbonyl (C=O) groups is 2. The van der Waals surface area contributed by atoms with Gasteiger partial charge in [-0.25, -0.2) is 4.90 Å². The highest BCUT2D eigenvalue weighted by Crippen LogP contribution is 2.35. The summed E-state index contributed by atoms with van der Waals surface area (Å²) in [7, 11) is 0. The molecule has 1 aliphatic rings. The highest BCUT2D eigenvalue weighted by molar-refractivity contribution is 6.43. The topological polar surface area (TPSA) is 51.5 Å². The average molecular weight is 463 g/mol. The van der Waals surface area contributed by atoms with Gasteiger partial charge >= 0.3 is 0 Å². The quantitative estimate of drug-likeness (QED) is 0.261. The molecular weight excluding hydrogens is 436 g/mol. The van der Waals surface area contributed by atoms with Gasteiger partial charge in [-0.1, -0.05) is 36.4 Å². The van der Waals surface area contributed by atoms with Crippen molar-refractivity contribution in [3.63, 3.8) is 0 Å². The van der Waals surface area contributed by atoms with Crippen molar-refractivity contribution in [2.45, 2.75) is 20.8 Å². The number of aryl methyl sites for hydroxylation is 1. The van der Waals surface area contributed by atoms with Crippen LogP contribution in [0.25, 0.3) is 17.3 Å². The number of rotatable bonds is 5. The maximum absolute atomic E-state index is 13.8. The van der Waals surface area contributed by atoms with Crippen molar-refractivity contribution in [1.82, 2.24) is 4.57 Å². The van der Waals surface area contributed by atoms with E-state index in [0.717, 1.165) is 22.6 Å². The van der Waals surface area contributed by atoms with Crippen LogP contribution in [0.3, 0.4) is 0 Å². The molecule has 1 aliphatic heterocycles. The molecule has 0 bridgehead atoms. The molecule has 4 aromatic rings. The number of amides is 2. The monoisotopic (exact) mass is 462 g/mol. The van der Waals surface area contributed by atoms with E-state index in [4.69, 9.17) is 4.74 Å². The van der Waals surface area contributed by atoms with Crippen LogP contribution in [0.15, 0.2) is 84.9 Å². The smallest absolute Gasteiger partial charge is 0.265 e. The van der Waals surface area contributed by atoms with E-state index < -0.39 is 0 Å². The van der Waals surface area contributed by atoms with Crippen LogP contribution in [0.4, 0.5) is 5.69 Å². The van der Waals surface area contributed by atoms with E-state index >= 15 is 0 Å². The first kappa shape index (κ1) is 22.4. The molecule has 35 heavy (non-hydrogen) atoms. The van der Waals surface area contributed by atoms with Crippen molar-refractivity contribution in [3.05, 3.63) is 113 Å². The van der Waals surface area contributed by atoms with Crippen LogP contribution in [0.5, 0.6) is 5.75 Å². The molecule has 0 atom stereocenters. The lowest BCUT2D eigenvalue weighted by atomic mass is 9.91. The zero-order valence-corrected chi connectivity index (χ0v) is 20.0. The fourth-order valence-electron chi connectivity index (χ4n) is 4.65. The molecule has 0 unspecified atom stereocenters. The van der Waals surface area contributed by atoms with Gasteiger partial charge in [0.15, 0.2) is 0 Å². The van der Waals surface area contributed by atoms with Gasteiger partial charge in [0.25, 0.3) is 11.8 Å². The number of benzene rings is 3. The number of fused-ring (bicyclic) bond motifs is 1. The lowest BCUT2D eigenvalue weighted by Gasteiger charge is -2.28. The third-order valence-electron chi connectivity index (χ3n) is 6.27. The number of carbonyl (C=O) groups excluding carboxylic acids is 2. The average Bonchev–Trinajstić information content (AvgIpc) is 3.16. The largest absolute Gasteiger partial charge is 0.494 e. The number of imide groups is 1. The number of ether oxygens (including phenoxy) is 1. The van der Waals surface area contributed by atoms with Crippen LogP contribution in [0.2, 0.25) is 0 Å². The Morgan fingerprint density at radius 3 is 2.11 bits per heavy atom. The van der Waals surface area contributed by atoms with Gasteiger partial charge in [0.1, 0.15) is 5.75 Å². The highest BCUT2D eigenvalue weighted by atomic mass is 16.5. The first-order valence-electron chi connectivity index (χ1n) is 11.7. The second-order valence-electron chi connectivity index (χ2n) is 8.47. The van der Waals surface area contributed by atoms with Crippen molar-refractivity contribution < 1.29 is 14.3 Å². The summed E-state index contributed by atoms with van der Waals surface area (Å²) in [4.78, 5) is 28.4. The number of para-hydroxylation sites is 1. The summed E-state index contributed by atoms with van der Waals surface area (Å²) in [5, 5.41) is 0. The molecule has 5 heteroatoms. The molecule has 2 heterocycles. The fourth-order valence-corrected chi connectivity index (χ4v) is 4.65. The second-order valence-corrected chi connectivity index (χ2v) is 8.47. The molecule has 174 valence electrons. The molecule has 0 aliphatic carbocycles. The third kappa shape index (κ3) is 3.95. The first-order chi connectivity index (χ1) is 17.0. The highest BCUT2D eigenvalue weighted by Gasteiger charge is 2.36. The Bertz CT molecular complexity index is 1450. The zero-order chi connectivity index (χ0) is 24.5. The predicted octanol–water partition coefficient (Wildman–Crippen LogP) is 6.22. The summed E-state index contributed by atoms with van der Waals surface area (Å²) in [6, 6.07) is 26.5. The van der Waals surface area contributed by atoms with Gasteiger partial charge in [-0.3, -0.25) is 9.59 Å². The van der Waals surface area contributed by atoms with E-state index in [9.17, 15) is 9.59 Å². The lowest BCUT2D eigenvalue weighted by molar-refractivity contribution is -0.112. The Balaban J connectivity index is 1.63. The molecule has 3 aromatic carbocycles. The minimum atomic E-state index is -0.345. The fraction of sp³-hybridized carbons (Fsp3) is 0.133. The van der Waals surface area contributed by atoms with Crippen molar-refractivity contribution in [3.8, 4) is 11.4 Å². The van der Waals surface area contributed by atoms with Gasteiger partial charge < -0.3 is 9.30 Å². The Morgan fingerprint density at radius 1 is 0.771 bits per heavy atom. The first-order valence-corrected chi connectivity index (χ1v) is 11.7. The number of anilines is 1. The predicted molar refractivity (Wildman–Crippen MR) is 139 cm³/mol. The molecule has 5 nitrogen and oxygen atoms in total. The number of hydrogen-bond donors (Lipinski definition) is 0. The van der Waals surface area contributed by atoms with E-state index in [2.05, 4.69) is 29.7 Å². The van der Waals surface area contributed by atoms with E-state index in [-0.39, 0.29) is 11.8 Å². The van der Waals surface area contributed by atoms with E-state index in [0.29, 0.717) is 34.7 Å². The molecule has 0 spiro atoms. The van der Waals surface area contributed by atoms with Crippen LogP contribution >= 0.6 is 0 Å². The molecule has 5 rings (SSSR count). The zero-order valence-electron chi connectivity index (χ0n) is 20.0. The molecule has 0 saturated heterocycles. The summed E-state index contributed by atoms with van der Waals surface area (Å²) < 4.78 is 7.69. The SMILES string of the molecule is CCOc1ccc(N2C(=O)/C(=C/c3cc(C)n(-c4ccccc4)c3C)c3ccccc3C2=O)cc1. The van der Waals surface area contributed by atoms with E-state index in [1.165, 1.54) is 4.90 Å². The van der Waals surface area contributed by atoms with Crippen LogP contribution in [-0.4, -0.2) is 23.0 Å². The Labute approximate surface area is 204 Å². The minimum absolute atomic E-state index is 0.332. The summed E-state index contributed by atoms with van der Waals surface area (Å²) >= 11 is 0. The summed E-state index contributed by atoms with van der Waals surface area (Å²) in [5.41, 5.74) is 6.24. The van der Waals surface area contributed by atoms with Crippen molar-refractivity contribution in [1.29, 1.82) is 0 Å². The molecule has 0 N–H and O–H groups in total. The summed E-state index contributed by atoms with van der Waals surface area (Å²) in [6.07, 6.45) is 1.90. The van der Waals surface area contributed by atoms with Crippen molar-refractivity contribution >= 4 is 29.2 Å². The normalized spacial score (nSPS) is 14.4. The Kier molecular flexibility index (Phi) is 5.83. The van der Waals surface area contributed by atoms with Crippen LogP contribution < -0.4 is 9.64 Å². The second kappa shape index (κ2) is 9.11. The molecule has 0 saturated carbocycles. The van der Waals surface area contributed by atoms with Gasteiger partial charge in [0.2, 0.25) is 0 Å². The summed E-state index contributed by atoms with van der Waals surface area (Å²) in [5.74, 6) is 0.0155. The van der Waals surface area contributed by atoms with Crippen LogP contribution in [-0.2, 0) is 4.79 Å². The lowest BCUT2D eigenvalue weighted by Crippen LogP contribution is -2.41. The van der Waals surface area contributed by atoms with Gasteiger partial charge in [0, 0.05) is 28.2 Å². The maximum atomic E-state index is 13.8. The van der Waals surface area contributed by atoms with Crippen LogP contribution in [0, 0.1) is 13.8 Å².